The van der Waals surface area contributed by atoms with Crippen LogP contribution >= 0.6 is 0 Å². The zero-order valence-electron chi connectivity index (χ0n) is 10.6. The topological polar surface area (TPSA) is 40.6 Å². The Kier molecular flexibility index (Phi) is 3.97. The molecule has 0 amide bonds. The van der Waals surface area contributed by atoms with Gasteiger partial charge in [0.2, 0.25) is 0 Å². The van der Waals surface area contributed by atoms with Gasteiger partial charge < -0.3 is 14.2 Å². The zero-order chi connectivity index (χ0) is 14.7. The first-order valence-electron chi connectivity index (χ1n) is 5.46. The predicted octanol–water partition coefficient (Wildman–Crippen LogP) is 3.31. The Bertz CT molecular complexity index is 612. The van der Waals surface area contributed by atoms with Crippen LogP contribution in [0.2, 0.25) is 0 Å². The molecule has 1 aromatic heterocycles. The molecule has 0 saturated carbocycles. The molecule has 20 heavy (non-hydrogen) atoms. The van der Waals surface area contributed by atoms with Crippen molar-refractivity contribution in [3.8, 4) is 23.1 Å². The van der Waals surface area contributed by atoms with E-state index < -0.39 is 23.5 Å². The summed E-state index contributed by atoms with van der Waals surface area (Å²) in [5.74, 6) is -3.75. The lowest BCUT2D eigenvalue weighted by Crippen LogP contribution is -1.98. The Morgan fingerprint density at radius 2 is 1.35 bits per heavy atom. The van der Waals surface area contributed by atoms with Crippen LogP contribution in [0.15, 0.2) is 24.3 Å². The van der Waals surface area contributed by atoms with Gasteiger partial charge in [-0.15, -0.1) is 0 Å². The lowest BCUT2D eigenvalue weighted by Gasteiger charge is -2.10. The number of ether oxygens (including phenoxy) is 3. The van der Waals surface area contributed by atoms with Gasteiger partial charge >= 0.3 is 0 Å². The summed E-state index contributed by atoms with van der Waals surface area (Å²) < 4.78 is 54.2. The van der Waals surface area contributed by atoms with Crippen LogP contribution < -0.4 is 14.2 Å². The third-order valence-electron chi connectivity index (χ3n) is 2.39. The molecule has 0 bridgehead atoms. The molecule has 1 aromatic carbocycles. The van der Waals surface area contributed by atoms with Crippen LogP contribution in [0.3, 0.4) is 0 Å². The molecule has 0 fully saturated rings. The summed E-state index contributed by atoms with van der Waals surface area (Å²) >= 11 is 0. The van der Waals surface area contributed by atoms with E-state index in [-0.39, 0.29) is 5.75 Å². The van der Waals surface area contributed by atoms with Crippen LogP contribution in [0.4, 0.5) is 13.2 Å². The van der Waals surface area contributed by atoms with Gasteiger partial charge in [0, 0.05) is 24.3 Å². The third kappa shape index (κ3) is 2.93. The first kappa shape index (κ1) is 14.0. The molecule has 0 N–H and O–H groups in total. The second-order valence-corrected chi connectivity index (χ2v) is 3.70. The Morgan fingerprint density at radius 3 is 1.90 bits per heavy atom. The molecule has 0 atom stereocenters. The van der Waals surface area contributed by atoms with E-state index in [0.717, 1.165) is 0 Å². The van der Waals surface area contributed by atoms with E-state index in [4.69, 9.17) is 14.2 Å². The first-order chi connectivity index (χ1) is 9.53. The minimum Gasteiger partial charge on any atom is -0.496 e. The number of nitrogens with zero attached hydrogens (tertiary/aromatic N) is 1. The summed E-state index contributed by atoms with van der Waals surface area (Å²) in [6.45, 7) is 0. The van der Waals surface area contributed by atoms with Crippen LogP contribution in [-0.2, 0) is 0 Å². The van der Waals surface area contributed by atoms with Gasteiger partial charge in [0.1, 0.15) is 17.2 Å². The summed E-state index contributed by atoms with van der Waals surface area (Å²) in [6, 6.07) is 4.77. The fraction of sp³-hybridized carbons (Fsp3) is 0.154. The monoisotopic (exact) mass is 285 g/mol. The van der Waals surface area contributed by atoms with Gasteiger partial charge in [0.25, 0.3) is 11.8 Å². The molecule has 0 unspecified atom stereocenters. The third-order valence-corrected chi connectivity index (χ3v) is 2.39. The number of aromatic nitrogens is 1. The lowest BCUT2D eigenvalue weighted by atomic mass is 10.3. The summed E-state index contributed by atoms with van der Waals surface area (Å²) in [5.41, 5.74) is 0. The molecule has 0 spiro atoms. The van der Waals surface area contributed by atoms with E-state index in [1.165, 1.54) is 26.4 Å². The molecule has 0 saturated heterocycles. The van der Waals surface area contributed by atoms with E-state index in [9.17, 15) is 13.2 Å². The fourth-order valence-electron chi connectivity index (χ4n) is 1.45. The zero-order valence-corrected chi connectivity index (χ0v) is 10.6. The number of methoxy groups -OCH3 is 2. The highest BCUT2D eigenvalue weighted by Crippen LogP contribution is 2.31. The van der Waals surface area contributed by atoms with Crippen LogP contribution in [0.5, 0.6) is 23.1 Å². The molecule has 0 aliphatic carbocycles. The van der Waals surface area contributed by atoms with Gasteiger partial charge in [-0.3, -0.25) is 0 Å². The molecule has 0 aliphatic rings. The molecule has 2 rings (SSSR count). The Morgan fingerprint density at radius 1 is 0.800 bits per heavy atom. The summed E-state index contributed by atoms with van der Waals surface area (Å²) in [7, 11) is 2.85. The van der Waals surface area contributed by atoms with Crippen molar-refractivity contribution in [1.82, 2.24) is 4.98 Å². The van der Waals surface area contributed by atoms with Gasteiger partial charge in [-0.2, -0.15) is 9.37 Å². The average Bonchev–Trinajstić information content (AvgIpc) is 2.44. The van der Waals surface area contributed by atoms with Crippen molar-refractivity contribution in [2.24, 2.45) is 0 Å². The molecule has 1 heterocycles. The van der Waals surface area contributed by atoms with Crippen LogP contribution in [-0.4, -0.2) is 19.2 Å². The maximum atomic E-state index is 13.4. The van der Waals surface area contributed by atoms with Crippen molar-refractivity contribution in [3.05, 3.63) is 41.8 Å². The molecule has 106 valence electrons. The Balaban J connectivity index is 2.36. The number of halogens is 3. The maximum Gasteiger partial charge on any atom is 0.258 e. The largest absolute Gasteiger partial charge is 0.496 e. The number of hydrogen-bond donors (Lipinski definition) is 0. The van der Waals surface area contributed by atoms with Crippen molar-refractivity contribution in [2.75, 3.05) is 14.2 Å². The van der Waals surface area contributed by atoms with Crippen LogP contribution in [0, 0.1) is 17.6 Å². The summed E-state index contributed by atoms with van der Waals surface area (Å²) in [4.78, 5) is 3.06. The van der Waals surface area contributed by atoms with Gasteiger partial charge in [-0.05, 0) is 0 Å². The van der Waals surface area contributed by atoms with Crippen molar-refractivity contribution < 1.29 is 27.4 Å². The Hall–Kier alpha value is -2.44. The molecule has 0 aliphatic heterocycles. The number of benzene rings is 1. The Labute approximate surface area is 112 Å². The quantitative estimate of drug-likeness (QED) is 0.808. The van der Waals surface area contributed by atoms with Crippen molar-refractivity contribution in [2.45, 2.75) is 0 Å². The van der Waals surface area contributed by atoms with Crippen molar-refractivity contribution in [1.29, 1.82) is 0 Å². The van der Waals surface area contributed by atoms with E-state index in [0.29, 0.717) is 17.6 Å². The molecule has 2 aromatic rings. The van der Waals surface area contributed by atoms with Crippen LogP contribution in [0.25, 0.3) is 0 Å². The first-order valence-corrected chi connectivity index (χ1v) is 5.46. The van der Waals surface area contributed by atoms with Gasteiger partial charge in [0.05, 0.1) is 14.2 Å². The highest BCUT2D eigenvalue weighted by atomic mass is 19.2. The van der Waals surface area contributed by atoms with E-state index in [1.807, 2.05) is 0 Å². The normalized spacial score (nSPS) is 10.2. The highest BCUT2D eigenvalue weighted by molar-refractivity contribution is 5.43. The molecule has 0 radical (unpaired) electrons. The SMILES string of the molecule is COc1cc(OC)cc(Oc2nc(F)c(F)cc2F)c1. The average molecular weight is 285 g/mol. The van der Waals surface area contributed by atoms with E-state index >= 15 is 0 Å². The number of hydrogen-bond acceptors (Lipinski definition) is 4. The molecule has 7 heteroatoms. The van der Waals surface area contributed by atoms with E-state index in [1.54, 1.807) is 6.07 Å². The van der Waals surface area contributed by atoms with Gasteiger partial charge in [-0.25, -0.2) is 8.78 Å². The van der Waals surface area contributed by atoms with Crippen molar-refractivity contribution >= 4 is 0 Å². The lowest BCUT2D eigenvalue weighted by molar-refractivity contribution is 0.370. The van der Waals surface area contributed by atoms with Crippen molar-refractivity contribution in [3.63, 3.8) is 0 Å². The molecular weight excluding hydrogens is 275 g/mol. The van der Waals surface area contributed by atoms with E-state index in [2.05, 4.69) is 4.98 Å². The summed E-state index contributed by atoms with van der Waals surface area (Å²) in [6.07, 6.45) is 0. The second kappa shape index (κ2) is 5.68. The predicted molar refractivity (Wildman–Crippen MR) is 63.7 cm³/mol. The van der Waals surface area contributed by atoms with Gasteiger partial charge in [0.15, 0.2) is 11.6 Å². The maximum absolute atomic E-state index is 13.4. The minimum absolute atomic E-state index is 0.110. The highest BCUT2D eigenvalue weighted by Gasteiger charge is 2.14. The fourth-order valence-corrected chi connectivity index (χ4v) is 1.45. The molecule has 4 nitrogen and oxygen atoms in total. The minimum atomic E-state index is -1.45. The van der Waals surface area contributed by atoms with Gasteiger partial charge in [-0.1, -0.05) is 0 Å². The van der Waals surface area contributed by atoms with Crippen LogP contribution in [0.1, 0.15) is 0 Å². The summed E-state index contributed by atoms with van der Waals surface area (Å²) in [5, 5.41) is 0. The standard InChI is InChI=1S/C13H10F3NO3/c1-18-7-3-8(19-2)5-9(4-7)20-13-11(15)6-10(14)12(16)17-13/h3-6H,1-2H3. The number of pyridine rings is 1. The molecular formula is C13H10F3NO3. The smallest absolute Gasteiger partial charge is 0.258 e. The number of rotatable bonds is 4. The second-order valence-electron chi connectivity index (χ2n) is 3.70.